The maximum absolute atomic E-state index is 13.0. The lowest BCUT2D eigenvalue weighted by molar-refractivity contribution is -0.142. The first kappa shape index (κ1) is 14.2. The molecular formula is C12H9F4N3O. The third-order valence-corrected chi connectivity index (χ3v) is 2.38. The first-order valence-electron chi connectivity index (χ1n) is 5.46. The number of anilines is 2. The van der Waals surface area contributed by atoms with E-state index in [2.05, 4.69) is 15.3 Å². The Balaban J connectivity index is 2.34. The van der Waals surface area contributed by atoms with E-state index in [1.807, 2.05) is 0 Å². The Hall–Kier alpha value is -2.22. The van der Waals surface area contributed by atoms with Gasteiger partial charge in [0.25, 0.3) is 0 Å². The smallest absolute Gasteiger partial charge is 0.392 e. The number of benzene rings is 1. The van der Waals surface area contributed by atoms with Crippen molar-refractivity contribution >= 4 is 11.6 Å². The van der Waals surface area contributed by atoms with Crippen molar-refractivity contribution in [2.24, 2.45) is 0 Å². The second-order valence-electron chi connectivity index (χ2n) is 3.86. The molecule has 0 aliphatic carbocycles. The number of hydrogen-bond donors (Lipinski definition) is 2. The van der Waals surface area contributed by atoms with Gasteiger partial charge in [-0.1, -0.05) is 6.07 Å². The van der Waals surface area contributed by atoms with Crippen molar-refractivity contribution in [3.05, 3.63) is 47.5 Å². The number of aliphatic hydroxyl groups excluding tert-OH is 1. The normalized spacial score (nSPS) is 11.4. The van der Waals surface area contributed by atoms with Gasteiger partial charge >= 0.3 is 6.18 Å². The van der Waals surface area contributed by atoms with Gasteiger partial charge in [0.15, 0.2) is 5.69 Å². The highest BCUT2D eigenvalue weighted by Gasteiger charge is 2.35. The Morgan fingerprint density at radius 1 is 1.25 bits per heavy atom. The van der Waals surface area contributed by atoms with E-state index >= 15 is 0 Å². The lowest BCUT2D eigenvalue weighted by Gasteiger charge is -2.12. The number of halogens is 4. The first-order chi connectivity index (χ1) is 9.40. The van der Waals surface area contributed by atoms with Gasteiger partial charge in [-0.15, -0.1) is 0 Å². The molecular weight excluding hydrogens is 278 g/mol. The minimum Gasteiger partial charge on any atom is -0.392 e. The van der Waals surface area contributed by atoms with Gasteiger partial charge in [-0.3, -0.25) is 0 Å². The average Bonchev–Trinajstić information content (AvgIpc) is 2.37. The molecule has 0 fully saturated rings. The van der Waals surface area contributed by atoms with Crippen LogP contribution >= 0.6 is 0 Å². The van der Waals surface area contributed by atoms with Crippen molar-refractivity contribution in [2.75, 3.05) is 5.32 Å². The predicted molar refractivity (Wildman–Crippen MR) is 62.6 cm³/mol. The van der Waals surface area contributed by atoms with Crippen LogP contribution < -0.4 is 5.32 Å². The number of nitrogens with zero attached hydrogens (tertiary/aromatic N) is 2. The number of rotatable bonds is 3. The summed E-state index contributed by atoms with van der Waals surface area (Å²) in [6.45, 7) is -0.824. The summed E-state index contributed by atoms with van der Waals surface area (Å²) in [5, 5.41) is 11.3. The molecule has 1 aromatic heterocycles. The number of nitrogens with one attached hydrogen (secondary N) is 1. The zero-order chi connectivity index (χ0) is 14.8. The standard InChI is InChI=1S/C12H9F4N3O/c13-8-2-1-3-9(4-8)18-11-17-5-7(6-20)10(19-11)12(14,15)16/h1-5,20H,6H2,(H,17,18,19). The summed E-state index contributed by atoms with van der Waals surface area (Å²) in [6.07, 6.45) is -3.84. The molecule has 4 nitrogen and oxygen atoms in total. The van der Waals surface area contributed by atoms with Crippen LogP contribution in [0.15, 0.2) is 30.5 Å². The highest BCUT2D eigenvalue weighted by molar-refractivity contribution is 5.53. The van der Waals surface area contributed by atoms with Gasteiger partial charge in [0, 0.05) is 17.4 Å². The van der Waals surface area contributed by atoms with Crippen LogP contribution in [0.25, 0.3) is 0 Å². The molecule has 0 bridgehead atoms. The van der Waals surface area contributed by atoms with Crippen LogP contribution in [0.5, 0.6) is 0 Å². The summed E-state index contributed by atoms with van der Waals surface area (Å²) in [5.41, 5.74) is -1.44. The lowest BCUT2D eigenvalue weighted by Crippen LogP contribution is -2.14. The van der Waals surface area contributed by atoms with E-state index < -0.39 is 29.9 Å². The third kappa shape index (κ3) is 3.21. The third-order valence-electron chi connectivity index (χ3n) is 2.38. The Labute approximate surface area is 111 Å². The van der Waals surface area contributed by atoms with E-state index in [1.165, 1.54) is 18.2 Å². The zero-order valence-corrected chi connectivity index (χ0v) is 9.95. The average molecular weight is 287 g/mol. The number of aromatic nitrogens is 2. The van der Waals surface area contributed by atoms with Gasteiger partial charge in [-0.25, -0.2) is 14.4 Å². The minimum absolute atomic E-state index is 0.217. The van der Waals surface area contributed by atoms with Gasteiger partial charge in [0.2, 0.25) is 5.95 Å². The van der Waals surface area contributed by atoms with E-state index in [0.717, 1.165) is 12.3 Å². The molecule has 2 rings (SSSR count). The fourth-order valence-electron chi connectivity index (χ4n) is 1.52. The molecule has 2 N–H and O–H groups in total. The molecule has 0 saturated carbocycles. The predicted octanol–water partition coefficient (Wildman–Crippen LogP) is 2.87. The fourth-order valence-corrected chi connectivity index (χ4v) is 1.52. The second-order valence-corrected chi connectivity index (χ2v) is 3.86. The van der Waals surface area contributed by atoms with Gasteiger partial charge in [0.05, 0.1) is 6.61 Å². The first-order valence-corrected chi connectivity index (χ1v) is 5.46. The van der Waals surface area contributed by atoms with E-state index in [1.54, 1.807) is 0 Å². The van der Waals surface area contributed by atoms with Crippen LogP contribution in [0.1, 0.15) is 11.3 Å². The molecule has 1 heterocycles. The van der Waals surface area contributed by atoms with Crippen LogP contribution in [0.3, 0.4) is 0 Å². The SMILES string of the molecule is OCc1cnc(Nc2cccc(F)c2)nc1C(F)(F)F. The molecule has 20 heavy (non-hydrogen) atoms. The van der Waals surface area contributed by atoms with Gasteiger partial charge in [0.1, 0.15) is 5.82 Å². The molecule has 8 heteroatoms. The van der Waals surface area contributed by atoms with Gasteiger partial charge in [-0.2, -0.15) is 13.2 Å². The summed E-state index contributed by atoms with van der Waals surface area (Å²) in [6, 6.07) is 5.14. The molecule has 0 aliphatic heterocycles. The quantitative estimate of drug-likeness (QED) is 0.852. The number of alkyl halides is 3. The molecule has 106 valence electrons. The Kier molecular flexibility index (Phi) is 3.84. The van der Waals surface area contributed by atoms with Crippen LogP contribution in [0, 0.1) is 5.82 Å². The van der Waals surface area contributed by atoms with Crippen molar-refractivity contribution in [3.8, 4) is 0 Å². The van der Waals surface area contributed by atoms with Crippen LogP contribution in [-0.4, -0.2) is 15.1 Å². The highest BCUT2D eigenvalue weighted by Crippen LogP contribution is 2.31. The summed E-state index contributed by atoms with van der Waals surface area (Å²) in [5.74, 6) is -0.877. The van der Waals surface area contributed by atoms with Crippen molar-refractivity contribution in [1.82, 2.24) is 9.97 Å². The lowest BCUT2D eigenvalue weighted by atomic mass is 10.2. The molecule has 0 saturated heterocycles. The van der Waals surface area contributed by atoms with Gasteiger partial charge in [-0.05, 0) is 18.2 Å². The van der Waals surface area contributed by atoms with Crippen molar-refractivity contribution < 1.29 is 22.7 Å². The maximum Gasteiger partial charge on any atom is 0.433 e. The zero-order valence-electron chi connectivity index (χ0n) is 9.95. The topological polar surface area (TPSA) is 58.0 Å². The number of aliphatic hydroxyl groups is 1. The molecule has 0 aliphatic rings. The maximum atomic E-state index is 13.0. The molecule has 1 aromatic carbocycles. The second kappa shape index (κ2) is 5.41. The molecule has 0 amide bonds. The van der Waals surface area contributed by atoms with Crippen molar-refractivity contribution in [3.63, 3.8) is 0 Å². The van der Waals surface area contributed by atoms with Crippen LogP contribution in [-0.2, 0) is 12.8 Å². The van der Waals surface area contributed by atoms with Crippen LogP contribution in [0.2, 0.25) is 0 Å². The molecule has 0 atom stereocenters. The summed E-state index contributed by atoms with van der Waals surface area (Å²) in [7, 11) is 0. The summed E-state index contributed by atoms with van der Waals surface area (Å²) >= 11 is 0. The van der Waals surface area contributed by atoms with Crippen molar-refractivity contribution in [2.45, 2.75) is 12.8 Å². The summed E-state index contributed by atoms with van der Waals surface area (Å²) < 4.78 is 51.2. The van der Waals surface area contributed by atoms with E-state index in [9.17, 15) is 17.6 Å². The van der Waals surface area contributed by atoms with Crippen LogP contribution in [0.4, 0.5) is 29.2 Å². The van der Waals surface area contributed by atoms with E-state index in [-0.39, 0.29) is 11.6 Å². The number of hydrogen-bond acceptors (Lipinski definition) is 4. The Bertz CT molecular complexity index is 616. The van der Waals surface area contributed by atoms with E-state index in [4.69, 9.17) is 5.11 Å². The van der Waals surface area contributed by atoms with Gasteiger partial charge < -0.3 is 10.4 Å². The highest BCUT2D eigenvalue weighted by atomic mass is 19.4. The fraction of sp³-hybridized carbons (Fsp3) is 0.167. The largest absolute Gasteiger partial charge is 0.433 e. The molecule has 0 unspecified atom stereocenters. The molecule has 2 aromatic rings. The van der Waals surface area contributed by atoms with E-state index in [0.29, 0.717) is 0 Å². The molecule has 0 spiro atoms. The Morgan fingerprint density at radius 2 is 2.00 bits per heavy atom. The summed E-state index contributed by atoms with van der Waals surface area (Å²) in [4.78, 5) is 6.95. The monoisotopic (exact) mass is 287 g/mol. The Morgan fingerprint density at radius 3 is 2.60 bits per heavy atom. The minimum atomic E-state index is -4.71. The van der Waals surface area contributed by atoms with Crippen molar-refractivity contribution in [1.29, 1.82) is 0 Å². The molecule has 0 radical (unpaired) electrons.